The summed E-state index contributed by atoms with van der Waals surface area (Å²) in [5, 5.41) is 4.69. The second kappa shape index (κ2) is 8.56. The Hall–Kier alpha value is -3.05. The number of nitrogens with zero attached hydrogens (tertiary/aromatic N) is 2. The van der Waals surface area contributed by atoms with Crippen molar-refractivity contribution in [3.63, 3.8) is 0 Å². The number of ketones is 1. The summed E-state index contributed by atoms with van der Waals surface area (Å²) < 4.78 is 12.8. The number of halogens is 1. The second-order valence-electron chi connectivity index (χ2n) is 5.93. The number of methoxy groups -OCH3 is 1. The third kappa shape index (κ3) is 4.99. The van der Waals surface area contributed by atoms with E-state index in [1.165, 1.54) is 6.08 Å². The number of carbonyl (C=O) groups is 1. The SMILES string of the molecule is COc1cc(C=CC(=O)c2cnn(C)c2)ccc1OCc1ccc(Cl)cc1. The summed E-state index contributed by atoms with van der Waals surface area (Å²) in [5.41, 5.74) is 2.39. The lowest BCUT2D eigenvalue weighted by Gasteiger charge is -2.11. The molecule has 0 saturated heterocycles. The fourth-order valence-corrected chi connectivity index (χ4v) is 2.59. The molecule has 0 atom stereocenters. The van der Waals surface area contributed by atoms with Gasteiger partial charge in [-0.15, -0.1) is 0 Å². The number of carbonyl (C=O) groups excluding carboxylic acids is 1. The minimum Gasteiger partial charge on any atom is -0.493 e. The lowest BCUT2D eigenvalue weighted by molar-refractivity contribution is 0.104. The van der Waals surface area contributed by atoms with Gasteiger partial charge in [-0.05, 0) is 41.5 Å². The Kier molecular flexibility index (Phi) is 5.94. The van der Waals surface area contributed by atoms with E-state index in [2.05, 4.69) is 5.10 Å². The zero-order chi connectivity index (χ0) is 19.2. The van der Waals surface area contributed by atoms with Gasteiger partial charge in [0.05, 0.1) is 18.9 Å². The third-order valence-electron chi connectivity index (χ3n) is 3.91. The summed E-state index contributed by atoms with van der Waals surface area (Å²) in [6, 6.07) is 13.0. The van der Waals surface area contributed by atoms with Gasteiger partial charge in [-0.1, -0.05) is 35.9 Å². The molecule has 138 valence electrons. The highest BCUT2D eigenvalue weighted by atomic mass is 35.5. The van der Waals surface area contributed by atoms with Gasteiger partial charge in [0, 0.05) is 18.3 Å². The number of benzene rings is 2. The van der Waals surface area contributed by atoms with E-state index in [0.717, 1.165) is 11.1 Å². The predicted molar refractivity (Wildman–Crippen MR) is 105 cm³/mol. The van der Waals surface area contributed by atoms with Crippen LogP contribution in [-0.2, 0) is 13.7 Å². The summed E-state index contributed by atoms with van der Waals surface area (Å²) >= 11 is 5.89. The standard InChI is InChI=1S/C21H19ClN2O3/c1-24-13-17(12-23-24)19(25)9-5-15-6-10-20(21(11-15)26-2)27-14-16-3-7-18(22)8-4-16/h3-13H,14H2,1-2H3. The van der Waals surface area contributed by atoms with Crippen molar-refractivity contribution in [3.05, 3.63) is 82.6 Å². The van der Waals surface area contributed by atoms with Crippen molar-refractivity contribution in [3.8, 4) is 11.5 Å². The number of rotatable bonds is 7. The molecule has 3 rings (SSSR count). The molecule has 0 amide bonds. The highest BCUT2D eigenvalue weighted by Crippen LogP contribution is 2.29. The average molecular weight is 383 g/mol. The van der Waals surface area contributed by atoms with Crippen molar-refractivity contribution in [2.75, 3.05) is 7.11 Å². The first-order chi connectivity index (χ1) is 13.0. The van der Waals surface area contributed by atoms with Crippen molar-refractivity contribution in [1.82, 2.24) is 9.78 Å². The number of aromatic nitrogens is 2. The fraction of sp³-hybridized carbons (Fsp3) is 0.143. The van der Waals surface area contributed by atoms with E-state index in [1.807, 2.05) is 42.5 Å². The zero-order valence-corrected chi connectivity index (χ0v) is 15.8. The largest absolute Gasteiger partial charge is 0.493 e. The molecule has 27 heavy (non-hydrogen) atoms. The van der Waals surface area contributed by atoms with Gasteiger partial charge < -0.3 is 9.47 Å². The monoisotopic (exact) mass is 382 g/mol. The van der Waals surface area contributed by atoms with E-state index < -0.39 is 0 Å². The Morgan fingerprint density at radius 3 is 2.63 bits per heavy atom. The molecule has 6 heteroatoms. The number of hydrogen-bond donors (Lipinski definition) is 0. The van der Waals surface area contributed by atoms with Crippen LogP contribution in [0.3, 0.4) is 0 Å². The van der Waals surface area contributed by atoms with E-state index in [0.29, 0.717) is 28.7 Å². The van der Waals surface area contributed by atoms with Crippen molar-refractivity contribution >= 4 is 23.5 Å². The summed E-state index contributed by atoms with van der Waals surface area (Å²) in [5.74, 6) is 1.12. The molecule has 1 heterocycles. The Morgan fingerprint density at radius 1 is 1.19 bits per heavy atom. The van der Waals surface area contributed by atoms with Gasteiger partial charge in [0.15, 0.2) is 17.3 Å². The summed E-state index contributed by atoms with van der Waals surface area (Å²) in [6.45, 7) is 0.405. The highest BCUT2D eigenvalue weighted by Gasteiger charge is 2.07. The molecular formula is C21H19ClN2O3. The Morgan fingerprint density at radius 2 is 1.96 bits per heavy atom. The maximum atomic E-state index is 12.1. The van der Waals surface area contributed by atoms with Gasteiger partial charge in [-0.3, -0.25) is 9.48 Å². The van der Waals surface area contributed by atoms with Crippen molar-refractivity contribution in [1.29, 1.82) is 0 Å². The van der Waals surface area contributed by atoms with Crippen LogP contribution in [0.1, 0.15) is 21.5 Å². The first-order valence-electron chi connectivity index (χ1n) is 8.31. The maximum absolute atomic E-state index is 12.1. The molecule has 3 aromatic rings. The van der Waals surface area contributed by atoms with Crippen molar-refractivity contribution in [2.24, 2.45) is 7.05 Å². The molecule has 0 fully saturated rings. The molecule has 0 saturated carbocycles. The van der Waals surface area contributed by atoms with Crippen LogP contribution < -0.4 is 9.47 Å². The van der Waals surface area contributed by atoms with Crippen LogP contribution in [0.25, 0.3) is 6.08 Å². The van der Waals surface area contributed by atoms with Crippen LogP contribution >= 0.6 is 11.6 Å². The first-order valence-corrected chi connectivity index (χ1v) is 8.69. The van der Waals surface area contributed by atoms with E-state index in [-0.39, 0.29) is 5.78 Å². The molecule has 0 aliphatic carbocycles. The minimum atomic E-state index is -0.106. The van der Waals surface area contributed by atoms with Crippen LogP contribution in [0, 0.1) is 0 Å². The van der Waals surface area contributed by atoms with Crippen molar-refractivity contribution in [2.45, 2.75) is 6.61 Å². The Bertz CT molecular complexity index is 962. The van der Waals surface area contributed by atoms with Gasteiger partial charge in [0.1, 0.15) is 6.61 Å². The van der Waals surface area contributed by atoms with Crippen LogP contribution in [-0.4, -0.2) is 22.7 Å². The van der Waals surface area contributed by atoms with Gasteiger partial charge >= 0.3 is 0 Å². The van der Waals surface area contributed by atoms with E-state index >= 15 is 0 Å². The normalized spacial score (nSPS) is 10.9. The summed E-state index contributed by atoms with van der Waals surface area (Å²) in [7, 11) is 3.35. The maximum Gasteiger partial charge on any atom is 0.189 e. The van der Waals surface area contributed by atoms with E-state index in [4.69, 9.17) is 21.1 Å². The molecular weight excluding hydrogens is 364 g/mol. The molecule has 0 spiro atoms. The summed E-state index contributed by atoms with van der Waals surface area (Å²) in [4.78, 5) is 12.1. The zero-order valence-electron chi connectivity index (χ0n) is 15.1. The lowest BCUT2D eigenvalue weighted by atomic mass is 10.1. The van der Waals surface area contributed by atoms with Crippen LogP contribution in [0.2, 0.25) is 5.02 Å². The molecule has 0 unspecified atom stereocenters. The van der Waals surface area contributed by atoms with Gasteiger partial charge in [0.2, 0.25) is 0 Å². The Labute approximate surface area is 162 Å². The second-order valence-corrected chi connectivity index (χ2v) is 6.36. The molecule has 0 radical (unpaired) electrons. The van der Waals surface area contributed by atoms with Gasteiger partial charge in [0.25, 0.3) is 0 Å². The topological polar surface area (TPSA) is 53.3 Å². The van der Waals surface area contributed by atoms with E-state index in [1.54, 1.807) is 37.3 Å². The molecule has 1 aromatic heterocycles. The van der Waals surface area contributed by atoms with Crippen LogP contribution in [0.4, 0.5) is 0 Å². The van der Waals surface area contributed by atoms with Crippen LogP contribution in [0.5, 0.6) is 11.5 Å². The fourth-order valence-electron chi connectivity index (χ4n) is 2.47. The highest BCUT2D eigenvalue weighted by molar-refractivity contribution is 6.30. The predicted octanol–water partition coefficient (Wildman–Crippen LogP) is 4.56. The first kappa shape index (κ1) is 18.7. The minimum absolute atomic E-state index is 0.106. The quantitative estimate of drug-likeness (QED) is 0.444. The average Bonchev–Trinajstić information content (AvgIpc) is 3.12. The van der Waals surface area contributed by atoms with Crippen molar-refractivity contribution < 1.29 is 14.3 Å². The lowest BCUT2D eigenvalue weighted by Crippen LogP contribution is -1.98. The number of hydrogen-bond acceptors (Lipinski definition) is 4. The van der Waals surface area contributed by atoms with Gasteiger partial charge in [-0.25, -0.2) is 0 Å². The Balaban J connectivity index is 1.69. The van der Waals surface area contributed by atoms with Gasteiger partial charge in [-0.2, -0.15) is 5.10 Å². The number of ether oxygens (including phenoxy) is 2. The van der Waals surface area contributed by atoms with E-state index in [9.17, 15) is 4.79 Å². The summed E-state index contributed by atoms with van der Waals surface area (Å²) in [6.07, 6.45) is 6.47. The molecule has 5 nitrogen and oxygen atoms in total. The molecule has 0 N–H and O–H groups in total. The smallest absolute Gasteiger partial charge is 0.189 e. The molecule has 0 bridgehead atoms. The molecule has 2 aromatic carbocycles. The third-order valence-corrected chi connectivity index (χ3v) is 4.16. The number of aryl methyl sites for hydroxylation is 1. The molecule has 0 aliphatic heterocycles. The number of allylic oxidation sites excluding steroid dienone is 1. The van der Waals surface area contributed by atoms with Crippen LogP contribution in [0.15, 0.2) is 60.9 Å². The molecule has 0 aliphatic rings.